The van der Waals surface area contributed by atoms with Gasteiger partial charge in [0, 0.05) is 0 Å². The molecule has 0 heterocycles. The minimum Gasteiger partial charge on any atom is -0.327 e. The lowest BCUT2D eigenvalue weighted by atomic mass is 10.2. The largest absolute Gasteiger partial charge is 0.834 e. The molecular weight excluding hydrogens is 228 g/mol. The van der Waals surface area contributed by atoms with Gasteiger partial charge in [0.05, 0.1) is 0 Å². The van der Waals surface area contributed by atoms with E-state index in [1.807, 2.05) is 27.7 Å². The van der Waals surface area contributed by atoms with Gasteiger partial charge < -0.3 is 9.15 Å². The van der Waals surface area contributed by atoms with Gasteiger partial charge >= 0.3 is 9.17 Å². The molecule has 0 aliphatic rings. The summed E-state index contributed by atoms with van der Waals surface area (Å²) in [5.74, 6) is 0. The van der Waals surface area contributed by atoms with Gasteiger partial charge in [0.15, 0.2) is 0 Å². The summed E-state index contributed by atoms with van der Waals surface area (Å²) in [7, 11) is -2.71. The lowest BCUT2D eigenvalue weighted by Gasteiger charge is -2.13. The molecule has 0 bridgehead atoms. The van der Waals surface area contributed by atoms with Crippen LogP contribution in [0.15, 0.2) is 0 Å². The number of hydrogen-bond acceptors (Lipinski definition) is 5. The molecule has 0 aliphatic carbocycles. The highest BCUT2D eigenvalue weighted by molar-refractivity contribution is 6.25. The molecule has 0 aliphatic heterocycles. The van der Waals surface area contributed by atoms with Crippen molar-refractivity contribution >= 4 is 9.17 Å². The molecule has 0 radical (unpaired) electrons. The van der Waals surface area contributed by atoms with Gasteiger partial charge in [-0.1, -0.05) is 27.7 Å². The minimum absolute atomic E-state index is 0.0503. The molecule has 0 aromatic heterocycles. The molecule has 0 amide bonds. The first-order chi connectivity index (χ1) is 7.67. The van der Waals surface area contributed by atoms with Crippen molar-refractivity contribution in [3.05, 3.63) is 0 Å². The fourth-order valence-electron chi connectivity index (χ4n) is 1.08. The lowest BCUT2D eigenvalue weighted by molar-refractivity contribution is -0.318. The quantitative estimate of drug-likeness (QED) is 0.339. The predicted molar refractivity (Wildman–Crippen MR) is 59.5 cm³/mol. The zero-order chi connectivity index (χ0) is 12.4. The molecule has 16 heavy (non-hydrogen) atoms. The minimum atomic E-state index is -2.71. The summed E-state index contributed by atoms with van der Waals surface area (Å²) in [6.07, 6.45) is 3.12. The Hall–Kier alpha value is -0.463. The van der Waals surface area contributed by atoms with E-state index in [9.17, 15) is 4.46 Å². The fourth-order valence-corrected chi connectivity index (χ4v) is 1.54. The van der Waals surface area contributed by atoms with Gasteiger partial charge in [-0.05, 0) is 25.7 Å². The molecule has 0 rings (SSSR count). The number of rotatable bonds is 10. The third-order valence-corrected chi connectivity index (χ3v) is 2.79. The average molecular weight is 250 g/mol. The smallest absolute Gasteiger partial charge is 0.327 e. The normalized spacial score (nSPS) is 10.9. The second-order valence-electron chi connectivity index (χ2n) is 3.49. The van der Waals surface area contributed by atoms with Gasteiger partial charge in [-0.15, -0.1) is 0 Å². The first-order valence-electron chi connectivity index (χ1n) is 5.88. The first-order valence-corrected chi connectivity index (χ1v) is 7.10. The van der Waals surface area contributed by atoms with Crippen LogP contribution in [0.3, 0.4) is 0 Å². The zero-order valence-corrected chi connectivity index (χ0v) is 11.5. The summed E-state index contributed by atoms with van der Waals surface area (Å²) in [4.78, 5) is 9.86. The van der Waals surface area contributed by atoms with Crippen LogP contribution in [0.25, 0.3) is 0 Å². The van der Waals surface area contributed by atoms with Crippen molar-refractivity contribution in [2.75, 3.05) is 0 Å². The van der Waals surface area contributed by atoms with Crippen molar-refractivity contribution in [2.24, 2.45) is 0 Å². The van der Waals surface area contributed by atoms with Gasteiger partial charge in [-0.25, -0.2) is 0 Å². The van der Waals surface area contributed by atoms with E-state index < -0.39 is 9.17 Å². The summed E-state index contributed by atoms with van der Waals surface area (Å²) < 4.78 is 20.5. The molecule has 0 aromatic carbocycles. The maximum Gasteiger partial charge on any atom is 0.834 e. The molecule has 0 aromatic rings. The highest BCUT2D eigenvalue weighted by Gasteiger charge is 2.19. The van der Waals surface area contributed by atoms with Crippen LogP contribution in [0.4, 0.5) is 0 Å². The Morgan fingerprint density at radius 3 is 1.38 bits per heavy atom. The van der Waals surface area contributed by atoms with Crippen molar-refractivity contribution in [3.8, 4) is 0 Å². The van der Waals surface area contributed by atoms with Crippen molar-refractivity contribution < 1.29 is 23.4 Å². The summed E-state index contributed by atoms with van der Waals surface area (Å²) in [5.41, 5.74) is 0. The van der Waals surface area contributed by atoms with Crippen LogP contribution in [-0.4, -0.2) is 21.4 Å². The monoisotopic (exact) mass is 250 g/mol. The SMILES string of the molecule is CCC(CC)OO[Si](=O)OOC(CC)CC. The van der Waals surface area contributed by atoms with E-state index in [0.29, 0.717) is 0 Å². The van der Waals surface area contributed by atoms with Crippen molar-refractivity contribution in [3.63, 3.8) is 0 Å². The first kappa shape index (κ1) is 15.5. The third kappa shape index (κ3) is 6.92. The molecule has 0 unspecified atom stereocenters. The van der Waals surface area contributed by atoms with Crippen LogP contribution >= 0.6 is 0 Å². The topological polar surface area (TPSA) is 54.0 Å². The van der Waals surface area contributed by atoms with Gasteiger partial charge in [0.1, 0.15) is 12.2 Å². The lowest BCUT2D eigenvalue weighted by Crippen LogP contribution is -2.21. The van der Waals surface area contributed by atoms with E-state index in [0.717, 1.165) is 25.7 Å². The van der Waals surface area contributed by atoms with E-state index >= 15 is 0 Å². The van der Waals surface area contributed by atoms with E-state index in [2.05, 4.69) is 9.15 Å². The Balaban J connectivity index is 3.65. The van der Waals surface area contributed by atoms with Crippen molar-refractivity contribution in [1.29, 1.82) is 0 Å². The van der Waals surface area contributed by atoms with Gasteiger partial charge in [-0.2, -0.15) is 9.78 Å². The van der Waals surface area contributed by atoms with Gasteiger partial charge in [0.2, 0.25) is 0 Å². The Bertz CT molecular complexity index is 162. The highest BCUT2D eigenvalue weighted by atomic mass is 28.3. The molecule has 6 heteroatoms. The van der Waals surface area contributed by atoms with Crippen LogP contribution in [0.2, 0.25) is 0 Å². The Labute approximate surface area is 98.8 Å². The molecule has 0 saturated heterocycles. The van der Waals surface area contributed by atoms with Crippen LogP contribution in [0.1, 0.15) is 53.4 Å². The molecule has 0 atom stereocenters. The Morgan fingerprint density at radius 1 is 0.812 bits per heavy atom. The molecule has 0 N–H and O–H groups in total. The van der Waals surface area contributed by atoms with E-state index in [4.69, 9.17) is 9.78 Å². The van der Waals surface area contributed by atoms with Crippen LogP contribution in [-0.2, 0) is 23.4 Å². The van der Waals surface area contributed by atoms with Crippen LogP contribution in [0.5, 0.6) is 0 Å². The van der Waals surface area contributed by atoms with Gasteiger partial charge in [-0.3, -0.25) is 4.46 Å². The summed E-state index contributed by atoms with van der Waals surface area (Å²) in [5, 5.41) is 0. The standard InChI is InChI=1S/C10H22O5Si/c1-5-9(6-2)12-14-16(11)15-13-10(7-3)8-4/h9-10H,5-8H2,1-4H3. The molecule has 0 spiro atoms. The summed E-state index contributed by atoms with van der Waals surface area (Å²) in [6, 6.07) is 0. The second kappa shape index (κ2) is 9.74. The summed E-state index contributed by atoms with van der Waals surface area (Å²) in [6.45, 7) is 7.87. The van der Waals surface area contributed by atoms with Crippen molar-refractivity contribution in [2.45, 2.75) is 65.6 Å². The second-order valence-corrected chi connectivity index (χ2v) is 4.32. The van der Waals surface area contributed by atoms with E-state index in [1.165, 1.54) is 0 Å². The fraction of sp³-hybridized carbons (Fsp3) is 1.00. The summed E-state index contributed by atoms with van der Waals surface area (Å²) >= 11 is 0. The predicted octanol–water partition coefficient (Wildman–Crippen LogP) is 2.68. The van der Waals surface area contributed by atoms with E-state index in [1.54, 1.807) is 0 Å². The average Bonchev–Trinajstić information content (AvgIpc) is 2.31. The maximum atomic E-state index is 11.2. The Kier molecular flexibility index (Phi) is 9.46. The molecule has 0 saturated carbocycles. The number of hydrogen-bond donors (Lipinski definition) is 0. The third-order valence-electron chi connectivity index (χ3n) is 2.33. The molecule has 96 valence electrons. The van der Waals surface area contributed by atoms with E-state index in [-0.39, 0.29) is 12.2 Å². The molecule has 5 nitrogen and oxygen atoms in total. The van der Waals surface area contributed by atoms with Gasteiger partial charge in [0.25, 0.3) is 0 Å². The molecular formula is C10H22O5Si. The highest BCUT2D eigenvalue weighted by Crippen LogP contribution is 2.05. The molecule has 0 fully saturated rings. The maximum absolute atomic E-state index is 11.2. The Morgan fingerprint density at radius 2 is 1.12 bits per heavy atom. The van der Waals surface area contributed by atoms with Crippen LogP contribution in [0, 0.1) is 0 Å². The van der Waals surface area contributed by atoms with Crippen molar-refractivity contribution in [1.82, 2.24) is 0 Å². The zero-order valence-electron chi connectivity index (χ0n) is 10.5. The van der Waals surface area contributed by atoms with Crippen LogP contribution < -0.4 is 0 Å².